The highest BCUT2D eigenvalue weighted by molar-refractivity contribution is 5.91. The normalized spacial score (nSPS) is 21.3. The van der Waals surface area contributed by atoms with E-state index in [0.717, 1.165) is 38.6 Å². The van der Waals surface area contributed by atoms with Crippen LogP contribution >= 0.6 is 0 Å². The number of nitrogens with zero attached hydrogens (tertiary/aromatic N) is 2. The molecule has 0 saturated carbocycles. The van der Waals surface area contributed by atoms with E-state index >= 15 is 0 Å². The Balaban J connectivity index is 1.39. The zero-order valence-corrected chi connectivity index (χ0v) is 17.1. The number of likely N-dealkylation sites (tertiary alicyclic amines) is 2. The van der Waals surface area contributed by atoms with Crippen LogP contribution in [-0.4, -0.2) is 47.3 Å². The van der Waals surface area contributed by atoms with Gasteiger partial charge in [-0.1, -0.05) is 37.3 Å². The molecule has 29 heavy (non-hydrogen) atoms. The zero-order valence-electron chi connectivity index (χ0n) is 17.1. The van der Waals surface area contributed by atoms with Crippen LogP contribution in [0, 0.1) is 5.92 Å². The van der Waals surface area contributed by atoms with Gasteiger partial charge in [0.25, 0.3) is 5.91 Å². The monoisotopic (exact) mass is 394 g/mol. The topological polar surface area (TPSA) is 53.8 Å². The van der Waals surface area contributed by atoms with Crippen LogP contribution in [0.4, 0.5) is 0 Å². The quantitative estimate of drug-likeness (QED) is 0.759. The van der Waals surface area contributed by atoms with Crippen molar-refractivity contribution in [2.75, 3.05) is 19.6 Å². The van der Waals surface area contributed by atoms with Crippen molar-refractivity contribution in [2.24, 2.45) is 5.92 Å². The van der Waals surface area contributed by atoms with E-state index in [9.17, 15) is 9.59 Å². The molecule has 2 aromatic rings. The number of carbonyl (C=O) groups is 2. The van der Waals surface area contributed by atoms with E-state index in [-0.39, 0.29) is 23.8 Å². The summed E-state index contributed by atoms with van der Waals surface area (Å²) in [7, 11) is 0. The van der Waals surface area contributed by atoms with Crippen LogP contribution in [0.5, 0.6) is 0 Å². The lowest BCUT2D eigenvalue weighted by molar-refractivity contribution is -0.138. The molecular formula is C24H30N2O3. The first-order valence-corrected chi connectivity index (χ1v) is 10.9. The molecule has 0 unspecified atom stereocenters. The number of amides is 2. The zero-order chi connectivity index (χ0) is 20.2. The summed E-state index contributed by atoms with van der Waals surface area (Å²) in [5.41, 5.74) is 1.33. The van der Waals surface area contributed by atoms with E-state index < -0.39 is 0 Å². The highest BCUT2D eigenvalue weighted by atomic mass is 16.3. The number of piperidine rings is 1. The summed E-state index contributed by atoms with van der Waals surface area (Å²) in [4.78, 5) is 29.8. The number of rotatable bonds is 5. The van der Waals surface area contributed by atoms with Crippen molar-refractivity contribution in [3.8, 4) is 0 Å². The summed E-state index contributed by atoms with van der Waals surface area (Å²) < 4.78 is 5.23. The van der Waals surface area contributed by atoms with Crippen molar-refractivity contribution in [3.05, 3.63) is 60.1 Å². The number of hydrogen-bond donors (Lipinski definition) is 0. The lowest BCUT2D eigenvalue weighted by atomic mass is 9.86. The molecule has 2 aliphatic heterocycles. The molecule has 1 aromatic carbocycles. The standard InChI is InChI=1S/C24H30N2O3/c1-2-20(18-8-4-3-5-9-18)21-10-6-14-26(21)23(27)19-12-15-25(16-13-19)24(28)22-11-7-17-29-22/h3-5,7-9,11,17,19-21H,2,6,10,12-16H2,1H3/t20-,21+/m1/s1. The second-order valence-corrected chi connectivity index (χ2v) is 8.21. The molecule has 154 valence electrons. The van der Waals surface area contributed by atoms with Crippen LogP contribution in [0.15, 0.2) is 53.1 Å². The molecule has 2 aliphatic rings. The Morgan fingerprint density at radius 3 is 2.45 bits per heavy atom. The van der Waals surface area contributed by atoms with Crippen LogP contribution < -0.4 is 0 Å². The van der Waals surface area contributed by atoms with Gasteiger partial charge in [-0.2, -0.15) is 0 Å². The molecule has 0 bridgehead atoms. The molecule has 0 spiro atoms. The second-order valence-electron chi connectivity index (χ2n) is 8.21. The van der Waals surface area contributed by atoms with Crippen LogP contribution in [0.1, 0.15) is 61.1 Å². The Labute approximate surface area is 172 Å². The Morgan fingerprint density at radius 1 is 1.03 bits per heavy atom. The molecule has 0 aliphatic carbocycles. The predicted octanol–water partition coefficient (Wildman–Crippen LogP) is 4.32. The minimum Gasteiger partial charge on any atom is -0.459 e. The van der Waals surface area contributed by atoms with E-state index in [4.69, 9.17) is 4.42 Å². The molecule has 5 nitrogen and oxygen atoms in total. The predicted molar refractivity (Wildman–Crippen MR) is 112 cm³/mol. The van der Waals surface area contributed by atoms with Crippen molar-refractivity contribution in [3.63, 3.8) is 0 Å². The Morgan fingerprint density at radius 2 is 1.79 bits per heavy atom. The number of furan rings is 1. The third-order valence-corrected chi connectivity index (χ3v) is 6.58. The van der Waals surface area contributed by atoms with Crippen molar-refractivity contribution in [1.82, 2.24) is 9.80 Å². The van der Waals surface area contributed by atoms with Gasteiger partial charge >= 0.3 is 0 Å². The van der Waals surface area contributed by atoms with E-state index in [2.05, 4.69) is 36.1 Å². The summed E-state index contributed by atoms with van der Waals surface area (Å²) in [5.74, 6) is 0.998. The van der Waals surface area contributed by atoms with Gasteiger partial charge < -0.3 is 14.2 Å². The lowest BCUT2D eigenvalue weighted by Crippen LogP contribution is -2.47. The van der Waals surface area contributed by atoms with Gasteiger partial charge in [0.05, 0.1) is 6.26 Å². The van der Waals surface area contributed by atoms with Crippen molar-refractivity contribution >= 4 is 11.8 Å². The molecule has 0 N–H and O–H groups in total. The van der Waals surface area contributed by atoms with Crippen molar-refractivity contribution in [1.29, 1.82) is 0 Å². The third-order valence-electron chi connectivity index (χ3n) is 6.58. The van der Waals surface area contributed by atoms with Crippen LogP contribution in [0.2, 0.25) is 0 Å². The maximum absolute atomic E-state index is 13.4. The smallest absolute Gasteiger partial charge is 0.289 e. The van der Waals surface area contributed by atoms with Crippen LogP contribution in [0.3, 0.4) is 0 Å². The molecular weight excluding hydrogens is 364 g/mol. The van der Waals surface area contributed by atoms with Crippen LogP contribution in [0.25, 0.3) is 0 Å². The fourth-order valence-corrected chi connectivity index (χ4v) is 5.03. The van der Waals surface area contributed by atoms with Gasteiger partial charge in [0.15, 0.2) is 5.76 Å². The molecule has 1 aromatic heterocycles. The molecule has 0 radical (unpaired) electrons. The Hall–Kier alpha value is -2.56. The third kappa shape index (κ3) is 4.09. The average Bonchev–Trinajstić information content (AvgIpc) is 3.47. The fourth-order valence-electron chi connectivity index (χ4n) is 5.03. The SMILES string of the molecule is CC[C@H](c1ccccc1)[C@@H]1CCCN1C(=O)C1CCN(C(=O)c2ccco2)CC1. The molecule has 2 saturated heterocycles. The minimum atomic E-state index is -0.0740. The Kier molecular flexibility index (Phi) is 6.02. The van der Waals surface area contributed by atoms with E-state index in [0.29, 0.717) is 24.8 Å². The maximum Gasteiger partial charge on any atom is 0.289 e. The van der Waals surface area contributed by atoms with Gasteiger partial charge in [-0.25, -0.2) is 0 Å². The summed E-state index contributed by atoms with van der Waals surface area (Å²) in [6, 6.07) is 14.3. The van der Waals surface area contributed by atoms with Gasteiger partial charge in [0, 0.05) is 37.5 Å². The van der Waals surface area contributed by atoms with Gasteiger partial charge in [0.1, 0.15) is 0 Å². The van der Waals surface area contributed by atoms with E-state index in [1.165, 1.54) is 11.8 Å². The summed E-state index contributed by atoms with van der Waals surface area (Å²) >= 11 is 0. The molecule has 3 heterocycles. The number of carbonyl (C=O) groups excluding carboxylic acids is 2. The van der Waals surface area contributed by atoms with Crippen LogP contribution in [-0.2, 0) is 4.79 Å². The first-order chi connectivity index (χ1) is 14.2. The van der Waals surface area contributed by atoms with Crippen molar-refractivity contribution < 1.29 is 14.0 Å². The van der Waals surface area contributed by atoms with Crippen molar-refractivity contribution in [2.45, 2.75) is 51.0 Å². The lowest BCUT2D eigenvalue weighted by Gasteiger charge is -2.37. The highest BCUT2D eigenvalue weighted by Gasteiger charge is 2.38. The summed E-state index contributed by atoms with van der Waals surface area (Å²) in [6.45, 7) is 4.31. The van der Waals surface area contributed by atoms with Gasteiger partial charge in [-0.05, 0) is 49.8 Å². The Bertz CT molecular complexity index is 810. The highest BCUT2D eigenvalue weighted by Crippen LogP contribution is 2.35. The van der Waals surface area contributed by atoms with E-state index in [1.807, 2.05) is 11.0 Å². The van der Waals surface area contributed by atoms with Gasteiger partial charge in [-0.3, -0.25) is 9.59 Å². The molecule has 5 heteroatoms. The first-order valence-electron chi connectivity index (χ1n) is 10.9. The summed E-state index contributed by atoms with van der Waals surface area (Å²) in [6.07, 6.45) is 6.18. The molecule has 2 fully saturated rings. The maximum atomic E-state index is 13.4. The molecule has 2 amide bonds. The van der Waals surface area contributed by atoms with Gasteiger partial charge in [0.2, 0.25) is 5.91 Å². The fraction of sp³-hybridized carbons (Fsp3) is 0.500. The largest absolute Gasteiger partial charge is 0.459 e. The second kappa shape index (κ2) is 8.85. The molecule has 4 rings (SSSR count). The minimum absolute atomic E-state index is 0.0181. The number of benzene rings is 1. The first kappa shape index (κ1) is 19.7. The van der Waals surface area contributed by atoms with Gasteiger partial charge in [-0.15, -0.1) is 0 Å². The average molecular weight is 395 g/mol. The molecule has 2 atom stereocenters. The van der Waals surface area contributed by atoms with E-state index in [1.54, 1.807) is 12.1 Å². The number of hydrogen-bond acceptors (Lipinski definition) is 3. The summed E-state index contributed by atoms with van der Waals surface area (Å²) in [5, 5.41) is 0.